The highest BCUT2D eigenvalue weighted by Gasteiger charge is 2.22. The Labute approximate surface area is 176 Å². The van der Waals surface area contributed by atoms with E-state index in [9.17, 15) is 19.5 Å². The fourth-order valence-electron chi connectivity index (χ4n) is 3.27. The summed E-state index contributed by atoms with van der Waals surface area (Å²) in [6, 6.07) is 11.8. The Balaban J connectivity index is 1.57. The number of benzene rings is 2. The summed E-state index contributed by atoms with van der Waals surface area (Å²) in [5.41, 5.74) is 2.31. The minimum atomic E-state index is -0.441. The highest BCUT2D eigenvalue weighted by atomic mass is 16.3. The smallest absolute Gasteiger partial charge is 0.251 e. The zero-order valence-electron chi connectivity index (χ0n) is 17.5. The van der Waals surface area contributed by atoms with Crippen molar-refractivity contribution in [2.45, 2.75) is 39.0 Å². The third-order valence-electron chi connectivity index (χ3n) is 5.06. The monoisotopic (exact) mass is 409 g/mol. The third-order valence-corrected chi connectivity index (χ3v) is 5.06. The van der Waals surface area contributed by atoms with Crippen molar-refractivity contribution in [1.29, 1.82) is 0 Å². The highest BCUT2D eigenvalue weighted by molar-refractivity contribution is 6.00. The lowest BCUT2D eigenvalue weighted by Gasteiger charge is -2.20. The van der Waals surface area contributed by atoms with Gasteiger partial charge in [-0.05, 0) is 53.8 Å². The summed E-state index contributed by atoms with van der Waals surface area (Å²) in [6.07, 6.45) is 1.38. The molecule has 30 heavy (non-hydrogen) atoms. The average Bonchev–Trinajstić information content (AvgIpc) is 3.13. The molecule has 2 aromatic carbocycles. The molecule has 0 unspecified atom stereocenters. The van der Waals surface area contributed by atoms with Crippen LogP contribution in [0.1, 0.15) is 49.5 Å². The van der Waals surface area contributed by atoms with Crippen molar-refractivity contribution in [3.8, 4) is 5.75 Å². The summed E-state index contributed by atoms with van der Waals surface area (Å²) < 4.78 is 0. The number of nitrogens with zero attached hydrogens (tertiary/aromatic N) is 1. The van der Waals surface area contributed by atoms with E-state index in [-0.39, 0.29) is 23.6 Å². The number of anilines is 2. The molecule has 2 aromatic rings. The molecule has 0 radical (unpaired) electrons. The number of phenols is 1. The topological polar surface area (TPSA) is 98.7 Å². The van der Waals surface area contributed by atoms with Crippen molar-refractivity contribution in [3.05, 3.63) is 53.6 Å². The molecule has 1 heterocycles. The van der Waals surface area contributed by atoms with Crippen molar-refractivity contribution in [2.24, 2.45) is 0 Å². The van der Waals surface area contributed by atoms with Crippen LogP contribution in [-0.2, 0) is 15.0 Å². The molecular weight excluding hydrogens is 382 g/mol. The Morgan fingerprint density at radius 1 is 1.10 bits per heavy atom. The van der Waals surface area contributed by atoms with E-state index in [0.29, 0.717) is 24.2 Å². The Hall–Kier alpha value is -3.35. The molecule has 7 nitrogen and oxygen atoms in total. The molecule has 0 aliphatic carbocycles. The lowest BCUT2D eigenvalue weighted by atomic mass is 9.87. The SMILES string of the molecule is CC(C)(C)c1ccc(O)c(NC(=O)CNC(=O)c2ccc(N3CCCC3=O)cc2)c1. The van der Waals surface area contributed by atoms with E-state index in [0.717, 1.165) is 17.7 Å². The lowest BCUT2D eigenvalue weighted by Crippen LogP contribution is -2.33. The summed E-state index contributed by atoms with van der Waals surface area (Å²) >= 11 is 0. The molecule has 158 valence electrons. The predicted octanol–water partition coefficient (Wildman–Crippen LogP) is 3.19. The summed E-state index contributed by atoms with van der Waals surface area (Å²) in [5, 5.41) is 15.2. The Bertz CT molecular complexity index is 961. The first kappa shape index (κ1) is 21.4. The maximum absolute atomic E-state index is 12.3. The minimum absolute atomic E-state index is 0.0327. The van der Waals surface area contributed by atoms with E-state index in [4.69, 9.17) is 0 Å². The number of carbonyl (C=O) groups is 3. The van der Waals surface area contributed by atoms with Gasteiger partial charge in [-0.1, -0.05) is 26.8 Å². The first-order valence-corrected chi connectivity index (χ1v) is 9.97. The quantitative estimate of drug-likeness (QED) is 0.661. The molecule has 1 fully saturated rings. The maximum Gasteiger partial charge on any atom is 0.251 e. The zero-order chi connectivity index (χ0) is 21.9. The van der Waals surface area contributed by atoms with Gasteiger partial charge in [-0.15, -0.1) is 0 Å². The molecule has 1 aliphatic rings. The molecule has 3 N–H and O–H groups in total. The van der Waals surface area contributed by atoms with Gasteiger partial charge in [0.1, 0.15) is 5.75 Å². The summed E-state index contributed by atoms with van der Waals surface area (Å²) in [4.78, 5) is 38.1. The Kier molecular flexibility index (Phi) is 6.10. The van der Waals surface area contributed by atoms with Gasteiger partial charge >= 0.3 is 0 Å². The number of carbonyl (C=O) groups excluding carboxylic acids is 3. The van der Waals surface area contributed by atoms with Gasteiger partial charge in [0.2, 0.25) is 11.8 Å². The minimum Gasteiger partial charge on any atom is -0.506 e. The molecule has 7 heteroatoms. The van der Waals surface area contributed by atoms with Crippen LogP contribution >= 0.6 is 0 Å². The molecule has 0 atom stereocenters. The molecular formula is C23H27N3O4. The lowest BCUT2D eigenvalue weighted by molar-refractivity contribution is -0.117. The molecule has 1 aliphatic heterocycles. The molecule has 1 saturated heterocycles. The standard InChI is InChI=1S/C23H27N3O4/c1-23(2,3)16-8-11-19(27)18(13-16)25-20(28)14-24-22(30)15-6-9-17(10-7-15)26-12-4-5-21(26)29/h6-11,13,27H,4-5,12,14H2,1-3H3,(H,24,30)(H,25,28). The van der Waals surface area contributed by atoms with Gasteiger partial charge in [0.25, 0.3) is 5.91 Å². The third kappa shape index (κ3) is 4.97. The fourth-order valence-corrected chi connectivity index (χ4v) is 3.27. The van der Waals surface area contributed by atoms with Crippen LogP contribution in [0.15, 0.2) is 42.5 Å². The number of phenolic OH excluding ortho intramolecular Hbond substituents is 1. The molecule has 3 rings (SSSR count). The van der Waals surface area contributed by atoms with E-state index >= 15 is 0 Å². The van der Waals surface area contributed by atoms with Crippen molar-refractivity contribution in [1.82, 2.24) is 5.32 Å². The van der Waals surface area contributed by atoms with Crippen molar-refractivity contribution in [3.63, 3.8) is 0 Å². The molecule has 0 spiro atoms. The highest BCUT2D eigenvalue weighted by Crippen LogP contribution is 2.30. The second-order valence-corrected chi connectivity index (χ2v) is 8.41. The number of hydrogen-bond acceptors (Lipinski definition) is 4. The van der Waals surface area contributed by atoms with Gasteiger partial charge in [0, 0.05) is 24.2 Å². The van der Waals surface area contributed by atoms with Crippen LogP contribution in [-0.4, -0.2) is 35.9 Å². The van der Waals surface area contributed by atoms with Gasteiger partial charge in [-0.3, -0.25) is 14.4 Å². The van der Waals surface area contributed by atoms with Crippen LogP contribution in [0.2, 0.25) is 0 Å². The summed E-state index contributed by atoms with van der Waals surface area (Å²) in [7, 11) is 0. The zero-order valence-corrected chi connectivity index (χ0v) is 17.5. The molecule has 0 aromatic heterocycles. The van der Waals surface area contributed by atoms with E-state index in [1.807, 2.05) is 26.8 Å². The van der Waals surface area contributed by atoms with Crippen LogP contribution < -0.4 is 15.5 Å². The number of nitrogens with one attached hydrogen (secondary N) is 2. The normalized spacial score (nSPS) is 14.0. The van der Waals surface area contributed by atoms with E-state index in [1.54, 1.807) is 41.3 Å². The molecule has 0 saturated carbocycles. The fraction of sp³-hybridized carbons (Fsp3) is 0.348. The van der Waals surface area contributed by atoms with Crippen molar-refractivity contribution in [2.75, 3.05) is 23.3 Å². The Morgan fingerprint density at radius 3 is 2.40 bits per heavy atom. The first-order valence-electron chi connectivity index (χ1n) is 9.97. The summed E-state index contributed by atoms with van der Waals surface area (Å²) in [5.74, 6) is -0.779. The van der Waals surface area contributed by atoms with Crippen molar-refractivity contribution >= 4 is 29.1 Å². The van der Waals surface area contributed by atoms with Crippen LogP contribution in [0.4, 0.5) is 11.4 Å². The predicted molar refractivity (Wildman–Crippen MR) is 116 cm³/mol. The number of rotatable bonds is 5. The largest absolute Gasteiger partial charge is 0.506 e. The number of aromatic hydroxyl groups is 1. The van der Waals surface area contributed by atoms with Gasteiger partial charge in [0.15, 0.2) is 0 Å². The van der Waals surface area contributed by atoms with Crippen LogP contribution in [0, 0.1) is 0 Å². The van der Waals surface area contributed by atoms with Crippen LogP contribution in [0.5, 0.6) is 5.75 Å². The number of hydrogen-bond donors (Lipinski definition) is 3. The van der Waals surface area contributed by atoms with E-state index < -0.39 is 11.8 Å². The number of amides is 3. The van der Waals surface area contributed by atoms with Gasteiger partial charge in [0.05, 0.1) is 12.2 Å². The van der Waals surface area contributed by atoms with E-state index in [1.165, 1.54) is 0 Å². The van der Waals surface area contributed by atoms with Crippen molar-refractivity contribution < 1.29 is 19.5 Å². The van der Waals surface area contributed by atoms with Crippen LogP contribution in [0.25, 0.3) is 0 Å². The van der Waals surface area contributed by atoms with E-state index in [2.05, 4.69) is 10.6 Å². The second-order valence-electron chi connectivity index (χ2n) is 8.41. The molecule has 0 bridgehead atoms. The average molecular weight is 409 g/mol. The first-order chi connectivity index (χ1) is 14.1. The molecule has 3 amide bonds. The van der Waals surface area contributed by atoms with Crippen LogP contribution in [0.3, 0.4) is 0 Å². The summed E-state index contributed by atoms with van der Waals surface area (Å²) in [6.45, 7) is 6.57. The van der Waals surface area contributed by atoms with Gasteiger partial charge in [-0.2, -0.15) is 0 Å². The maximum atomic E-state index is 12.3. The van der Waals surface area contributed by atoms with Gasteiger partial charge in [-0.25, -0.2) is 0 Å². The second kappa shape index (κ2) is 8.57. The Morgan fingerprint density at radius 2 is 1.80 bits per heavy atom. The van der Waals surface area contributed by atoms with Gasteiger partial charge < -0.3 is 20.6 Å².